The number of benzene rings is 4. The van der Waals surface area contributed by atoms with Crippen LogP contribution in [0, 0.1) is 0 Å². The molecule has 2 heterocycles. The predicted molar refractivity (Wildman–Crippen MR) is 167 cm³/mol. The standard InChI is InChI=1S/C32H26F3N5O3S/c1-3-19(2)24-6-4-5-7-26(24)40-28(41)17-44-31(40)38-30(42)37-21-9-14-25-20(16-21)8-15-27-29(25)36-18-39(27)22-10-12-23(13-11-22)43-32(33,34)35/h4-16,18-19H,3,17H2,1-2H3,(H,37,42)/b38-31-. The van der Waals surface area contributed by atoms with Gasteiger partial charge < -0.3 is 10.1 Å². The molecule has 6 rings (SSSR count). The zero-order valence-corrected chi connectivity index (χ0v) is 24.4. The average molecular weight is 618 g/mol. The molecule has 1 fully saturated rings. The number of aliphatic imine (C=N–C) groups is 1. The third-order valence-corrected chi connectivity index (χ3v) is 8.34. The number of carbonyl (C=O) groups excluding carboxylic acids is 2. The van der Waals surface area contributed by atoms with Gasteiger partial charge in [0.25, 0.3) is 0 Å². The molecule has 0 bridgehead atoms. The molecule has 0 radical (unpaired) electrons. The minimum Gasteiger partial charge on any atom is -0.406 e. The second-order valence-corrected chi connectivity index (χ2v) is 11.2. The molecule has 224 valence electrons. The van der Waals surface area contributed by atoms with Gasteiger partial charge in [-0.3, -0.25) is 14.3 Å². The summed E-state index contributed by atoms with van der Waals surface area (Å²) in [6.07, 6.45) is -2.26. The average Bonchev–Trinajstić information content (AvgIpc) is 3.59. The number of urea groups is 1. The Hall–Kier alpha value is -4.84. The monoisotopic (exact) mass is 617 g/mol. The van der Waals surface area contributed by atoms with Crippen molar-refractivity contribution in [2.24, 2.45) is 4.99 Å². The number of thioether (sulfide) groups is 1. The first-order chi connectivity index (χ1) is 21.1. The molecule has 4 aromatic carbocycles. The summed E-state index contributed by atoms with van der Waals surface area (Å²) in [6.45, 7) is 4.19. The van der Waals surface area contributed by atoms with E-state index in [1.54, 1.807) is 23.0 Å². The Bertz CT molecular complexity index is 1920. The number of carbonyl (C=O) groups is 2. The Morgan fingerprint density at radius 1 is 1.09 bits per heavy atom. The quantitative estimate of drug-likeness (QED) is 0.207. The Morgan fingerprint density at radius 2 is 1.86 bits per heavy atom. The number of amides is 3. The summed E-state index contributed by atoms with van der Waals surface area (Å²) >= 11 is 1.23. The van der Waals surface area contributed by atoms with Crippen LogP contribution in [0.5, 0.6) is 5.75 Å². The number of anilines is 2. The third kappa shape index (κ3) is 5.85. The summed E-state index contributed by atoms with van der Waals surface area (Å²) in [5.74, 6) is -0.00594. The molecule has 1 saturated heterocycles. The van der Waals surface area contributed by atoms with Gasteiger partial charge in [0, 0.05) is 16.8 Å². The molecule has 44 heavy (non-hydrogen) atoms. The van der Waals surface area contributed by atoms with Crippen molar-refractivity contribution in [3.63, 3.8) is 0 Å². The molecule has 0 saturated carbocycles. The van der Waals surface area contributed by atoms with Crippen LogP contribution < -0.4 is 15.0 Å². The van der Waals surface area contributed by atoms with E-state index in [0.717, 1.165) is 34.0 Å². The van der Waals surface area contributed by atoms with Crippen molar-refractivity contribution in [1.29, 1.82) is 0 Å². The Kier molecular flexibility index (Phi) is 7.76. The first-order valence-electron chi connectivity index (χ1n) is 13.8. The zero-order valence-electron chi connectivity index (χ0n) is 23.6. The first-order valence-corrected chi connectivity index (χ1v) is 14.8. The highest BCUT2D eigenvalue weighted by molar-refractivity contribution is 8.15. The molecule has 1 aliphatic heterocycles. The van der Waals surface area contributed by atoms with Crippen LogP contribution >= 0.6 is 11.8 Å². The van der Waals surface area contributed by atoms with Gasteiger partial charge in [0.05, 0.1) is 22.5 Å². The van der Waals surface area contributed by atoms with Crippen LogP contribution in [0.4, 0.5) is 29.3 Å². The van der Waals surface area contributed by atoms with Crippen LogP contribution in [0.25, 0.3) is 27.5 Å². The SMILES string of the molecule is CCC(C)c1ccccc1N1C(=O)CS/C1=N\C(=O)Nc1ccc2c(ccc3c2ncn3-c2ccc(OC(F)(F)F)cc2)c1. The van der Waals surface area contributed by atoms with E-state index in [0.29, 0.717) is 22.1 Å². The zero-order chi connectivity index (χ0) is 31.0. The fourth-order valence-electron chi connectivity index (χ4n) is 5.15. The number of hydrogen-bond acceptors (Lipinski definition) is 5. The molecular weight excluding hydrogens is 591 g/mol. The van der Waals surface area contributed by atoms with Crippen LogP contribution in [0.3, 0.4) is 0 Å². The van der Waals surface area contributed by atoms with Crippen molar-refractivity contribution >= 4 is 62.0 Å². The van der Waals surface area contributed by atoms with Crippen LogP contribution in [0.2, 0.25) is 0 Å². The number of nitrogens with zero attached hydrogens (tertiary/aromatic N) is 4. The smallest absolute Gasteiger partial charge is 0.406 e. The van der Waals surface area contributed by atoms with E-state index in [2.05, 4.69) is 33.9 Å². The molecule has 3 amide bonds. The summed E-state index contributed by atoms with van der Waals surface area (Å²) in [6, 6.07) is 21.7. The van der Waals surface area contributed by atoms with Gasteiger partial charge in [-0.25, -0.2) is 9.78 Å². The van der Waals surface area contributed by atoms with Gasteiger partial charge in [0.2, 0.25) is 5.91 Å². The lowest BCUT2D eigenvalue weighted by Gasteiger charge is -2.22. The molecular formula is C32H26F3N5O3S. The van der Waals surface area contributed by atoms with Gasteiger partial charge in [-0.15, -0.1) is 13.2 Å². The van der Waals surface area contributed by atoms with Gasteiger partial charge in [-0.1, -0.05) is 55.9 Å². The fraction of sp³-hybridized carbons (Fsp3) is 0.188. The number of rotatable bonds is 6. The molecule has 1 aliphatic rings. The van der Waals surface area contributed by atoms with E-state index in [-0.39, 0.29) is 23.3 Å². The molecule has 0 aliphatic carbocycles. The number of para-hydroxylation sites is 1. The van der Waals surface area contributed by atoms with E-state index in [9.17, 15) is 22.8 Å². The Balaban J connectivity index is 1.23. The maximum atomic E-state index is 13.0. The summed E-state index contributed by atoms with van der Waals surface area (Å²) in [5.41, 5.74) is 4.34. The minimum atomic E-state index is -4.76. The largest absolute Gasteiger partial charge is 0.573 e. The van der Waals surface area contributed by atoms with E-state index in [4.69, 9.17) is 0 Å². The van der Waals surface area contributed by atoms with E-state index in [1.165, 1.54) is 40.9 Å². The molecule has 0 spiro atoms. The molecule has 1 atom stereocenters. The molecule has 1 unspecified atom stereocenters. The van der Waals surface area contributed by atoms with Crippen molar-refractivity contribution < 1.29 is 27.5 Å². The molecule has 12 heteroatoms. The normalized spacial score (nSPS) is 15.3. The lowest BCUT2D eigenvalue weighted by molar-refractivity contribution is -0.274. The number of aromatic nitrogens is 2. The minimum absolute atomic E-state index is 0.128. The van der Waals surface area contributed by atoms with Crippen LogP contribution in [0.1, 0.15) is 31.7 Å². The van der Waals surface area contributed by atoms with Gasteiger partial charge in [-0.05, 0) is 71.8 Å². The molecule has 1 aromatic heterocycles. The lowest BCUT2D eigenvalue weighted by Crippen LogP contribution is -2.31. The van der Waals surface area contributed by atoms with Crippen molar-refractivity contribution in [2.45, 2.75) is 32.5 Å². The van der Waals surface area contributed by atoms with Gasteiger partial charge in [-0.2, -0.15) is 4.99 Å². The predicted octanol–water partition coefficient (Wildman–Crippen LogP) is 8.26. The van der Waals surface area contributed by atoms with Gasteiger partial charge >= 0.3 is 12.4 Å². The number of alkyl halides is 3. The highest BCUT2D eigenvalue weighted by atomic mass is 32.2. The van der Waals surface area contributed by atoms with Crippen molar-refractivity contribution in [3.05, 3.63) is 90.8 Å². The lowest BCUT2D eigenvalue weighted by atomic mass is 9.96. The van der Waals surface area contributed by atoms with Gasteiger partial charge in [0.15, 0.2) is 5.17 Å². The summed E-state index contributed by atoms with van der Waals surface area (Å²) in [5, 5.41) is 4.77. The number of imidazole rings is 1. The number of amidine groups is 1. The highest BCUT2D eigenvalue weighted by Gasteiger charge is 2.33. The fourth-order valence-corrected chi connectivity index (χ4v) is 6.01. The Morgan fingerprint density at radius 3 is 2.61 bits per heavy atom. The maximum absolute atomic E-state index is 13.0. The molecule has 1 N–H and O–H groups in total. The topological polar surface area (TPSA) is 88.8 Å². The number of hydrogen-bond donors (Lipinski definition) is 1. The number of nitrogens with one attached hydrogen (secondary N) is 1. The summed E-state index contributed by atoms with van der Waals surface area (Å²) < 4.78 is 43.3. The van der Waals surface area contributed by atoms with Crippen molar-refractivity contribution in [3.8, 4) is 11.4 Å². The third-order valence-electron chi connectivity index (χ3n) is 7.42. The second-order valence-electron chi connectivity index (χ2n) is 10.2. The molecule has 8 nitrogen and oxygen atoms in total. The van der Waals surface area contributed by atoms with E-state index in [1.807, 2.05) is 42.5 Å². The van der Waals surface area contributed by atoms with Crippen molar-refractivity contribution in [2.75, 3.05) is 16.0 Å². The van der Waals surface area contributed by atoms with Gasteiger partial charge in [0.1, 0.15) is 12.1 Å². The number of halogens is 3. The Labute approximate surface area is 254 Å². The van der Waals surface area contributed by atoms with E-state index < -0.39 is 12.4 Å². The summed E-state index contributed by atoms with van der Waals surface area (Å²) in [4.78, 5) is 36.1. The van der Waals surface area contributed by atoms with E-state index >= 15 is 0 Å². The number of fused-ring (bicyclic) bond motifs is 3. The number of ether oxygens (including phenoxy) is 1. The van der Waals surface area contributed by atoms with Crippen LogP contribution in [0.15, 0.2) is 90.2 Å². The second kappa shape index (κ2) is 11.7. The van der Waals surface area contributed by atoms with Crippen molar-refractivity contribution in [1.82, 2.24) is 9.55 Å². The highest BCUT2D eigenvalue weighted by Crippen LogP contribution is 2.35. The van der Waals surface area contributed by atoms with Crippen LogP contribution in [-0.4, -0.2) is 38.8 Å². The summed E-state index contributed by atoms with van der Waals surface area (Å²) in [7, 11) is 0. The first kappa shape index (κ1) is 29.2. The van der Waals surface area contributed by atoms with Crippen LogP contribution in [-0.2, 0) is 4.79 Å². The molecule has 5 aromatic rings. The maximum Gasteiger partial charge on any atom is 0.573 e.